The lowest BCUT2D eigenvalue weighted by Gasteiger charge is -2.49. The third-order valence-corrected chi connectivity index (χ3v) is 7.74. The average Bonchev–Trinajstić information content (AvgIpc) is 2.90. The number of thioether (sulfide) groups is 2. The summed E-state index contributed by atoms with van der Waals surface area (Å²) in [5, 5.41) is 10.4. The van der Waals surface area contributed by atoms with E-state index in [1.165, 1.54) is 23.8 Å². The van der Waals surface area contributed by atoms with Crippen LogP contribution in [0, 0.1) is 11.3 Å². The fourth-order valence-corrected chi connectivity index (χ4v) is 5.63. The van der Waals surface area contributed by atoms with Crippen LogP contribution in [0.3, 0.4) is 0 Å². The first-order valence-electron chi connectivity index (χ1n) is 10.8. The van der Waals surface area contributed by atoms with Crippen molar-refractivity contribution in [1.29, 1.82) is 5.26 Å². The normalized spacial score (nSPS) is 19.8. The van der Waals surface area contributed by atoms with Gasteiger partial charge in [0.15, 0.2) is 17.1 Å². The molecule has 1 fully saturated rings. The Morgan fingerprint density at radius 1 is 1.14 bits per heavy atom. The lowest BCUT2D eigenvalue weighted by Crippen LogP contribution is -2.71. The maximum atomic E-state index is 13.5. The molecule has 4 rings (SSSR count). The largest absolute Gasteiger partial charge is 0.498 e. The zero-order valence-electron chi connectivity index (χ0n) is 19.0. The molecular formula is C25H23N3O5S2. The number of methoxy groups -OCH3 is 1. The van der Waals surface area contributed by atoms with Crippen molar-refractivity contribution in [3.05, 3.63) is 83.2 Å². The molecule has 8 nitrogen and oxygen atoms in total. The van der Waals surface area contributed by atoms with Crippen LogP contribution in [0.2, 0.25) is 0 Å². The molecule has 0 aromatic heterocycles. The highest BCUT2D eigenvalue weighted by Crippen LogP contribution is 2.41. The summed E-state index contributed by atoms with van der Waals surface area (Å²) in [4.78, 5) is 40.2. The number of rotatable bonds is 8. The molecule has 2 aromatic rings. The highest BCUT2D eigenvalue weighted by molar-refractivity contribution is 8.00. The fraction of sp³-hybridized carbons (Fsp3) is 0.280. The number of carbonyl (C=O) groups is 3. The van der Waals surface area contributed by atoms with Crippen LogP contribution in [0.25, 0.3) is 0 Å². The van der Waals surface area contributed by atoms with Gasteiger partial charge in [-0.25, -0.2) is 4.79 Å². The number of amides is 2. The van der Waals surface area contributed by atoms with Gasteiger partial charge in [-0.2, -0.15) is 5.26 Å². The number of ether oxygens (including phenoxy) is 2. The number of nitrogens with zero attached hydrogens (tertiary/aromatic N) is 2. The number of hydrogen-bond acceptors (Lipinski definition) is 8. The molecule has 2 heterocycles. The number of esters is 1. The average molecular weight is 510 g/mol. The molecule has 35 heavy (non-hydrogen) atoms. The maximum absolute atomic E-state index is 13.5. The van der Waals surface area contributed by atoms with Gasteiger partial charge in [0.05, 0.1) is 18.9 Å². The van der Waals surface area contributed by atoms with Gasteiger partial charge in [-0.05, 0) is 17.4 Å². The molecule has 10 heteroatoms. The molecule has 0 aliphatic carbocycles. The number of β-lactam (4-membered cyclic amide) rings is 1. The van der Waals surface area contributed by atoms with Crippen LogP contribution in [-0.2, 0) is 23.9 Å². The van der Waals surface area contributed by atoms with Crippen LogP contribution in [-0.4, -0.2) is 58.5 Å². The number of fused-ring (bicyclic) bond motifs is 1. The molecule has 2 aliphatic rings. The van der Waals surface area contributed by atoms with Gasteiger partial charge < -0.3 is 14.8 Å². The molecular weight excluding hydrogens is 486 g/mol. The predicted octanol–water partition coefficient (Wildman–Crippen LogP) is 2.83. The topological polar surface area (TPSA) is 109 Å². The molecule has 2 amide bonds. The van der Waals surface area contributed by atoms with Gasteiger partial charge in [0.25, 0.3) is 5.91 Å². The van der Waals surface area contributed by atoms with E-state index in [2.05, 4.69) is 5.32 Å². The Morgan fingerprint density at radius 2 is 1.74 bits per heavy atom. The van der Waals surface area contributed by atoms with Crippen LogP contribution < -0.4 is 5.32 Å². The molecule has 2 aliphatic heterocycles. The first-order valence-corrected chi connectivity index (χ1v) is 13.1. The zero-order chi connectivity index (χ0) is 24.9. The first kappa shape index (κ1) is 24.7. The van der Waals surface area contributed by atoms with E-state index >= 15 is 0 Å². The quantitative estimate of drug-likeness (QED) is 0.428. The summed E-state index contributed by atoms with van der Waals surface area (Å²) in [7, 11) is 1.44. The minimum atomic E-state index is -0.919. The summed E-state index contributed by atoms with van der Waals surface area (Å²) in [5.41, 5.74) is 1.60. The van der Waals surface area contributed by atoms with E-state index in [0.29, 0.717) is 11.5 Å². The molecule has 1 saturated heterocycles. The first-order chi connectivity index (χ1) is 17.0. The second-order valence-corrected chi connectivity index (χ2v) is 9.77. The maximum Gasteiger partial charge on any atom is 0.359 e. The van der Waals surface area contributed by atoms with Gasteiger partial charge in [0.2, 0.25) is 5.91 Å². The van der Waals surface area contributed by atoms with Crippen LogP contribution in [0.15, 0.2) is 72.1 Å². The van der Waals surface area contributed by atoms with Crippen molar-refractivity contribution in [2.75, 3.05) is 19.1 Å². The van der Waals surface area contributed by atoms with Gasteiger partial charge in [-0.1, -0.05) is 60.7 Å². The predicted molar refractivity (Wildman–Crippen MR) is 133 cm³/mol. The van der Waals surface area contributed by atoms with Gasteiger partial charge in [0, 0.05) is 0 Å². The molecule has 0 radical (unpaired) electrons. The Labute approximate surface area is 211 Å². The Balaban J connectivity index is 1.59. The summed E-state index contributed by atoms with van der Waals surface area (Å²) in [6, 6.07) is 19.7. The van der Waals surface area contributed by atoms with E-state index in [-0.39, 0.29) is 5.70 Å². The van der Waals surface area contributed by atoms with Crippen LogP contribution in [0.4, 0.5) is 0 Å². The van der Waals surface area contributed by atoms with Crippen LogP contribution in [0.5, 0.6) is 0 Å². The van der Waals surface area contributed by atoms with Crippen molar-refractivity contribution in [2.45, 2.75) is 22.8 Å². The third-order valence-electron chi connectivity index (χ3n) is 5.69. The number of hydrogen-bond donors (Lipinski definition) is 1. The second-order valence-electron chi connectivity index (χ2n) is 7.72. The standard InChI is InChI=1S/C25H23N3O5S2/c1-32-17-14-35-24-19(27-22(29)18(13-26)34-2)23(30)28(24)20(17)25(31)33-21(15-9-5-3-6-10-15)16-11-7-4-8-12-16/h3-12,18-19,21,24H,14H2,1-2H3,(H,27,29)/t18?,19?,24-/m0/s1. The second kappa shape index (κ2) is 10.9. The monoisotopic (exact) mass is 509 g/mol. The van der Waals surface area contributed by atoms with Crippen LogP contribution >= 0.6 is 23.5 Å². The number of benzene rings is 2. The smallest absolute Gasteiger partial charge is 0.359 e. The summed E-state index contributed by atoms with van der Waals surface area (Å²) < 4.78 is 11.4. The van der Waals surface area contributed by atoms with Crippen molar-refractivity contribution < 1.29 is 23.9 Å². The van der Waals surface area contributed by atoms with E-state index in [1.807, 2.05) is 66.7 Å². The van der Waals surface area contributed by atoms with Gasteiger partial charge in [-0.15, -0.1) is 23.5 Å². The number of carbonyl (C=O) groups excluding carboxylic acids is 3. The molecule has 2 aromatic carbocycles. The highest BCUT2D eigenvalue weighted by atomic mass is 32.2. The molecule has 1 N–H and O–H groups in total. The van der Waals surface area contributed by atoms with E-state index in [1.54, 1.807) is 6.26 Å². The Hall–Kier alpha value is -3.42. The lowest BCUT2D eigenvalue weighted by atomic mass is 10.0. The summed E-state index contributed by atoms with van der Waals surface area (Å²) in [6.07, 6.45) is 0.961. The number of nitrogens with one attached hydrogen (secondary N) is 1. The minimum Gasteiger partial charge on any atom is -0.498 e. The molecule has 180 valence electrons. The Kier molecular flexibility index (Phi) is 7.68. The van der Waals surface area contributed by atoms with Crippen molar-refractivity contribution >= 4 is 41.3 Å². The van der Waals surface area contributed by atoms with E-state index in [4.69, 9.17) is 14.7 Å². The number of nitriles is 1. The van der Waals surface area contributed by atoms with Gasteiger partial charge in [0.1, 0.15) is 17.2 Å². The van der Waals surface area contributed by atoms with Gasteiger partial charge >= 0.3 is 5.97 Å². The summed E-state index contributed by atoms with van der Waals surface area (Å²) in [6.45, 7) is 0. The molecule has 2 unspecified atom stereocenters. The zero-order valence-corrected chi connectivity index (χ0v) is 20.7. The summed E-state index contributed by atoms with van der Waals surface area (Å²) in [5.74, 6) is -1.02. The molecule has 0 spiro atoms. The van der Waals surface area contributed by atoms with Crippen molar-refractivity contribution in [1.82, 2.24) is 10.2 Å². The molecule has 0 saturated carbocycles. The van der Waals surface area contributed by atoms with E-state index < -0.39 is 40.6 Å². The van der Waals surface area contributed by atoms with Crippen molar-refractivity contribution in [3.63, 3.8) is 0 Å². The fourth-order valence-electron chi connectivity index (χ4n) is 3.93. The Morgan fingerprint density at radius 3 is 2.26 bits per heavy atom. The lowest BCUT2D eigenvalue weighted by molar-refractivity contribution is -0.155. The van der Waals surface area contributed by atoms with Crippen molar-refractivity contribution in [2.24, 2.45) is 0 Å². The van der Waals surface area contributed by atoms with Crippen molar-refractivity contribution in [3.8, 4) is 6.07 Å². The highest BCUT2D eigenvalue weighted by Gasteiger charge is 2.55. The third kappa shape index (κ3) is 4.88. The Bertz CT molecular complexity index is 1140. The molecule has 0 bridgehead atoms. The SMILES string of the molecule is COC1=C(C(=O)OC(c2ccccc2)c2ccccc2)N2C(=O)C(NC(=O)C(C#N)SC)[C@@H]2SC1. The van der Waals surface area contributed by atoms with Gasteiger partial charge in [-0.3, -0.25) is 14.5 Å². The summed E-state index contributed by atoms with van der Waals surface area (Å²) >= 11 is 2.46. The van der Waals surface area contributed by atoms with Crippen LogP contribution in [0.1, 0.15) is 17.2 Å². The van der Waals surface area contributed by atoms with E-state index in [9.17, 15) is 14.4 Å². The molecule has 3 atom stereocenters. The van der Waals surface area contributed by atoms with E-state index in [0.717, 1.165) is 22.9 Å². The minimum absolute atomic E-state index is 0.0327.